The Kier molecular flexibility index (Phi) is 6.21. The van der Waals surface area contributed by atoms with Crippen molar-refractivity contribution in [3.05, 3.63) is 35.2 Å². The molecule has 0 amide bonds. The van der Waals surface area contributed by atoms with E-state index in [0.717, 1.165) is 0 Å². The quantitative estimate of drug-likeness (QED) is 0.506. The van der Waals surface area contributed by atoms with Gasteiger partial charge in [0.2, 0.25) is 0 Å². The molecule has 0 fully saturated rings. The molecule has 0 N–H and O–H groups in total. The molecule has 0 heterocycles. The van der Waals surface area contributed by atoms with E-state index in [9.17, 15) is 0 Å². The monoisotopic (exact) mass is 330 g/mol. The molecule has 0 bridgehead atoms. The average molecular weight is 329 g/mol. The number of hydrogen-bond acceptors (Lipinski definition) is 0. The topological polar surface area (TPSA) is 0 Å². The van der Waals surface area contributed by atoms with Crippen LogP contribution in [-0.4, -0.2) is 0 Å². The van der Waals surface area contributed by atoms with Crippen molar-refractivity contribution in [1.82, 2.24) is 0 Å². The number of hydrogen-bond donors (Lipinski definition) is 0. The van der Waals surface area contributed by atoms with Gasteiger partial charge >= 0.3 is 0 Å². The van der Waals surface area contributed by atoms with Gasteiger partial charge in [-0.25, -0.2) is 0 Å². The van der Waals surface area contributed by atoms with Gasteiger partial charge in [0, 0.05) is 25.8 Å². The van der Waals surface area contributed by atoms with Crippen molar-refractivity contribution in [2.45, 2.75) is 34.6 Å². The SMILES string of the molecule is Cc1c(C)c(C)[c-](C)c1C.[CH3-].[Hf]. The van der Waals surface area contributed by atoms with Crippen molar-refractivity contribution >= 4 is 0 Å². The van der Waals surface area contributed by atoms with E-state index in [2.05, 4.69) is 34.6 Å². The van der Waals surface area contributed by atoms with Gasteiger partial charge in [-0.15, -0.1) is 0 Å². The first-order valence-corrected chi connectivity index (χ1v) is 3.75. The maximum atomic E-state index is 2.20. The summed E-state index contributed by atoms with van der Waals surface area (Å²) in [6.07, 6.45) is 0. The molecule has 1 aromatic rings. The van der Waals surface area contributed by atoms with Crippen molar-refractivity contribution < 1.29 is 25.8 Å². The van der Waals surface area contributed by atoms with Crippen molar-refractivity contribution in [2.24, 2.45) is 0 Å². The van der Waals surface area contributed by atoms with Crippen LogP contribution >= 0.6 is 0 Å². The smallest absolute Gasteiger partial charge is 0 e. The second-order valence-electron chi connectivity index (χ2n) is 3.12. The summed E-state index contributed by atoms with van der Waals surface area (Å²) in [7, 11) is 0. The molecule has 0 aliphatic heterocycles. The molecule has 0 aromatic heterocycles. The van der Waals surface area contributed by atoms with Gasteiger partial charge in [0.05, 0.1) is 0 Å². The molecule has 68 valence electrons. The molecule has 1 heteroatoms. The van der Waals surface area contributed by atoms with Gasteiger partial charge in [0.15, 0.2) is 0 Å². The zero-order valence-corrected chi connectivity index (χ0v) is 12.6. The first-order valence-electron chi connectivity index (χ1n) is 3.75. The minimum absolute atomic E-state index is 0. The van der Waals surface area contributed by atoms with Crippen LogP contribution in [0.4, 0.5) is 0 Å². The van der Waals surface area contributed by atoms with E-state index >= 15 is 0 Å². The Hall–Kier alpha value is 0.220. The maximum absolute atomic E-state index is 2.20. The predicted molar refractivity (Wildman–Crippen MR) is 52.1 cm³/mol. The largest absolute Gasteiger partial charge is 0.358 e. The van der Waals surface area contributed by atoms with Crippen molar-refractivity contribution in [3.8, 4) is 0 Å². The molecule has 0 radical (unpaired) electrons. The Morgan fingerprint density at radius 3 is 1.17 bits per heavy atom. The van der Waals surface area contributed by atoms with Gasteiger partial charge in [-0.2, -0.15) is 27.8 Å². The minimum Gasteiger partial charge on any atom is -0.358 e. The fourth-order valence-corrected chi connectivity index (χ4v) is 1.41. The molecule has 0 spiro atoms. The van der Waals surface area contributed by atoms with Crippen LogP contribution in [0.1, 0.15) is 27.8 Å². The molecule has 0 atom stereocenters. The first-order chi connectivity index (χ1) is 4.55. The Bertz CT molecular complexity index is 176. The minimum atomic E-state index is 0. The van der Waals surface area contributed by atoms with Crippen LogP contribution in [0.15, 0.2) is 0 Å². The predicted octanol–water partition coefficient (Wildman–Crippen LogP) is 3.40. The summed E-state index contributed by atoms with van der Waals surface area (Å²) in [4.78, 5) is 0. The summed E-state index contributed by atoms with van der Waals surface area (Å²) in [6, 6.07) is 0. The van der Waals surface area contributed by atoms with Gasteiger partial charge in [-0.05, 0) is 0 Å². The van der Waals surface area contributed by atoms with E-state index in [4.69, 9.17) is 0 Å². The molecule has 0 aliphatic carbocycles. The molecule has 0 unspecified atom stereocenters. The molecule has 0 saturated heterocycles. The first kappa shape index (κ1) is 14.7. The fraction of sp³-hybridized carbons (Fsp3) is 0.455. The summed E-state index contributed by atoms with van der Waals surface area (Å²) >= 11 is 0. The van der Waals surface area contributed by atoms with Crippen LogP contribution in [0.3, 0.4) is 0 Å². The fourth-order valence-electron chi connectivity index (χ4n) is 1.41. The van der Waals surface area contributed by atoms with Gasteiger partial charge in [0.1, 0.15) is 0 Å². The Labute approximate surface area is 95.5 Å². The molecular formula is C11H18Hf-2. The molecule has 12 heavy (non-hydrogen) atoms. The summed E-state index contributed by atoms with van der Waals surface area (Å²) in [6.45, 7) is 11.0. The van der Waals surface area contributed by atoms with Gasteiger partial charge in [-0.3, -0.25) is 0 Å². The van der Waals surface area contributed by atoms with E-state index in [-0.39, 0.29) is 33.3 Å². The number of rotatable bonds is 0. The zero-order valence-electron chi connectivity index (χ0n) is 9.00. The van der Waals surface area contributed by atoms with Gasteiger partial charge in [-0.1, -0.05) is 34.6 Å². The van der Waals surface area contributed by atoms with E-state index in [1.807, 2.05) is 0 Å². The third-order valence-electron chi connectivity index (χ3n) is 2.81. The third-order valence-corrected chi connectivity index (χ3v) is 2.81. The maximum Gasteiger partial charge on any atom is 0 e. The zero-order chi connectivity index (χ0) is 7.89. The molecule has 0 saturated carbocycles. The standard InChI is InChI=1S/C10H15.CH3.Hf/c1-6-7(2)9(4)10(5)8(6)3;;/h1-5H3;1H3;/q2*-1;. The van der Waals surface area contributed by atoms with Gasteiger partial charge < -0.3 is 7.43 Å². The molecule has 0 aliphatic rings. The molecule has 1 rings (SSSR count). The van der Waals surface area contributed by atoms with Crippen LogP contribution in [0.2, 0.25) is 0 Å². The Morgan fingerprint density at radius 2 is 1.08 bits per heavy atom. The summed E-state index contributed by atoms with van der Waals surface area (Å²) in [5.41, 5.74) is 7.34. The van der Waals surface area contributed by atoms with Crippen molar-refractivity contribution in [3.63, 3.8) is 0 Å². The molecule has 0 nitrogen and oxygen atoms in total. The van der Waals surface area contributed by atoms with Crippen LogP contribution in [0.25, 0.3) is 0 Å². The Morgan fingerprint density at radius 1 is 0.833 bits per heavy atom. The molecular weight excluding hydrogens is 311 g/mol. The second-order valence-corrected chi connectivity index (χ2v) is 3.12. The van der Waals surface area contributed by atoms with Crippen LogP contribution in [0.5, 0.6) is 0 Å². The van der Waals surface area contributed by atoms with Crippen molar-refractivity contribution in [2.75, 3.05) is 0 Å². The Balaban J connectivity index is 0. The van der Waals surface area contributed by atoms with Crippen LogP contribution < -0.4 is 0 Å². The van der Waals surface area contributed by atoms with E-state index in [1.165, 1.54) is 27.8 Å². The molecule has 1 aromatic carbocycles. The van der Waals surface area contributed by atoms with Crippen LogP contribution in [-0.2, 0) is 25.8 Å². The van der Waals surface area contributed by atoms with E-state index in [0.29, 0.717) is 0 Å². The second kappa shape index (κ2) is 5.06. The van der Waals surface area contributed by atoms with E-state index in [1.54, 1.807) is 0 Å². The summed E-state index contributed by atoms with van der Waals surface area (Å²) < 4.78 is 0. The summed E-state index contributed by atoms with van der Waals surface area (Å²) in [5, 5.41) is 0. The van der Waals surface area contributed by atoms with Crippen LogP contribution in [0, 0.1) is 42.0 Å². The van der Waals surface area contributed by atoms with Gasteiger partial charge in [0.25, 0.3) is 0 Å². The van der Waals surface area contributed by atoms with Crippen molar-refractivity contribution in [1.29, 1.82) is 0 Å². The van der Waals surface area contributed by atoms with E-state index < -0.39 is 0 Å². The summed E-state index contributed by atoms with van der Waals surface area (Å²) in [5.74, 6) is 0. The normalized spacial score (nSPS) is 8.75. The third kappa shape index (κ3) is 2.13. The average Bonchev–Trinajstić information content (AvgIpc) is 2.07.